The summed E-state index contributed by atoms with van der Waals surface area (Å²) < 4.78 is 1.42. The molecule has 0 saturated carbocycles. The summed E-state index contributed by atoms with van der Waals surface area (Å²) in [7, 11) is 0. The Bertz CT molecular complexity index is 567. The Kier molecular flexibility index (Phi) is 3.21. The van der Waals surface area contributed by atoms with Crippen molar-refractivity contribution < 1.29 is 5.11 Å². The number of fused-ring (bicyclic) bond motifs is 1. The van der Waals surface area contributed by atoms with Crippen molar-refractivity contribution in [2.24, 2.45) is 0 Å². The summed E-state index contributed by atoms with van der Waals surface area (Å²) in [6.45, 7) is 0.147. The quantitative estimate of drug-likeness (QED) is 0.788. The van der Waals surface area contributed by atoms with Gasteiger partial charge >= 0.3 is 0 Å². The van der Waals surface area contributed by atoms with Crippen LogP contribution in [0.15, 0.2) is 28.2 Å². The average Bonchev–Trinajstić information content (AvgIpc) is 2.32. The van der Waals surface area contributed by atoms with Crippen LogP contribution in [0, 0.1) is 0 Å². The lowest BCUT2D eigenvalue weighted by molar-refractivity contribution is 0.276. The van der Waals surface area contributed by atoms with Crippen molar-refractivity contribution in [2.75, 3.05) is 12.9 Å². The fraction of sp³-hybridized carbons (Fsp3) is 0.300. The summed E-state index contributed by atoms with van der Waals surface area (Å²) in [5.74, 6) is 0. The molecule has 0 bridgehead atoms. The third-order valence-electron chi connectivity index (χ3n) is 2.22. The fourth-order valence-electron chi connectivity index (χ4n) is 1.46. The van der Waals surface area contributed by atoms with Gasteiger partial charge in [-0.05, 0) is 12.3 Å². The molecule has 0 saturated heterocycles. The normalized spacial score (nSPS) is 10.9. The van der Waals surface area contributed by atoms with Gasteiger partial charge in [0.15, 0.2) is 5.65 Å². The third-order valence-corrected chi connectivity index (χ3v) is 2.91. The molecular formula is C10H11N3O2S. The van der Waals surface area contributed by atoms with Gasteiger partial charge in [-0.3, -0.25) is 9.36 Å². The zero-order valence-electron chi connectivity index (χ0n) is 8.75. The van der Waals surface area contributed by atoms with Gasteiger partial charge in [-0.1, -0.05) is 0 Å². The molecule has 16 heavy (non-hydrogen) atoms. The molecule has 5 nitrogen and oxygen atoms in total. The van der Waals surface area contributed by atoms with Crippen LogP contribution in [-0.2, 0) is 6.54 Å². The first-order valence-corrected chi connectivity index (χ1v) is 5.99. The summed E-state index contributed by atoms with van der Waals surface area (Å²) in [4.78, 5) is 20.8. The van der Waals surface area contributed by atoms with E-state index in [2.05, 4.69) is 9.97 Å². The van der Waals surface area contributed by atoms with Gasteiger partial charge in [-0.25, -0.2) is 9.97 Å². The van der Waals surface area contributed by atoms with Crippen molar-refractivity contribution in [1.82, 2.24) is 14.5 Å². The van der Waals surface area contributed by atoms with Crippen LogP contribution in [0.2, 0.25) is 0 Å². The molecule has 2 heterocycles. The number of pyridine rings is 1. The van der Waals surface area contributed by atoms with Crippen molar-refractivity contribution in [3.8, 4) is 0 Å². The molecule has 0 aromatic carbocycles. The van der Waals surface area contributed by atoms with Crippen molar-refractivity contribution in [3.05, 3.63) is 28.8 Å². The highest BCUT2D eigenvalue weighted by molar-refractivity contribution is 7.98. The Balaban J connectivity index is 2.68. The van der Waals surface area contributed by atoms with Gasteiger partial charge in [0.1, 0.15) is 5.52 Å². The molecule has 2 aromatic rings. The van der Waals surface area contributed by atoms with Crippen LogP contribution in [-0.4, -0.2) is 32.5 Å². The minimum absolute atomic E-state index is 0.0923. The maximum absolute atomic E-state index is 11.5. The summed E-state index contributed by atoms with van der Waals surface area (Å²) >= 11 is 1.57. The molecule has 1 N–H and O–H groups in total. The molecular weight excluding hydrogens is 226 g/mol. The largest absolute Gasteiger partial charge is 0.395 e. The van der Waals surface area contributed by atoms with E-state index in [1.54, 1.807) is 18.0 Å². The molecule has 2 aromatic heterocycles. The Morgan fingerprint density at radius 3 is 2.94 bits per heavy atom. The number of aliphatic hydroxyl groups is 1. The molecule has 84 valence electrons. The van der Waals surface area contributed by atoms with E-state index in [-0.39, 0.29) is 18.7 Å². The highest BCUT2D eigenvalue weighted by Crippen LogP contribution is 2.16. The van der Waals surface area contributed by atoms with Crippen LogP contribution in [0.1, 0.15) is 0 Å². The maximum atomic E-state index is 11.5. The summed E-state index contributed by atoms with van der Waals surface area (Å²) in [5, 5.41) is 8.89. The first-order chi connectivity index (χ1) is 7.76. The SMILES string of the molecule is CSc1cnc2c(c1)ncc(=O)n2CCO. The van der Waals surface area contributed by atoms with Crippen molar-refractivity contribution in [3.63, 3.8) is 0 Å². The Hall–Kier alpha value is -1.40. The Labute approximate surface area is 96.2 Å². The minimum Gasteiger partial charge on any atom is -0.395 e. The zero-order valence-corrected chi connectivity index (χ0v) is 9.57. The van der Waals surface area contributed by atoms with Crippen LogP contribution in [0.5, 0.6) is 0 Å². The average molecular weight is 237 g/mol. The molecule has 6 heteroatoms. The van der Waals surface area contributed by atoms with Crippen LogP contribution in [0.25, 0.3) is 11.2 Å². The molecule has 0 unspecified atom stereocenters. The van der Waals surface area contributed by atoms with Crippen LogP contribution in [0.4, 0.5) is 0 Å². The van der Waals surface area contributed by atoms with E-state index in [0.717, 1.165) is 4.90 Å². The molecule has 0 aliphatic carbocycles. The molecule has 0 aliphatic heterocycles. The van der Waals surface area contributed by atoms with Gasteiger partial charge in [0.05, 0.1) is 19.3 Å². The van der Waals surface area contributed by atoms with E-state index in [9.17, 15) is 4.79 Å². The topological polar surface area (TPSA) is 68.0 Å². The lowest BCUT2D eigenvalue weighted by Gasteiger charge is -2.07. The molecule has 2 rings (SSSR count). The molecule has 0 fully saturated rings. The van der Waals surface area contributed by atoms with Gasteiger partial charge < -0.3 is 5.11 Å². The highest BCUT2D eigenvalue weighted by atomic mass is 32.2. The predicted octanol–water partition coefficient (Wildman–Crippen LogP) is 0.506. The second-order valence-corrected chi connectivity index (χ2v) is 4.07. The van der Waals surface area contributed by atoms with Crippen LogP contribution in [0.3, 0.4) is 0 Å². The first-order valence-electron chi connectivity index (χ1n) is 4.76. The summed E-state index contributed by atoms with van der Waals surface area (Å²) in [5.41, 5.74) is 0.935. The van der Waals surface area contributed by atoms with E-state index in [1.807, 2.05) is 12.3 Å². The number of aliphatic hydroxyl groups excluding tert-OH is 1. The number of rotatable bonds is 3. The lowest BCUT2D eigenvalue weighted by atomic mass is 10.4. The van der Waals surface area contributed by atoms with Gasteiger partial charge in [0, 0.05) is 11.1 Å². The predicted molar refractivity (Wildman–Crippen MR) is 62.7 cm³/mol. The number of hydrogen-bond acceptors (Lipinski definition) is 5. The monoisotopic (exact) mass is 237 g/mol. The number of thioether (sulfide) groups is 1. The van der Waals surface area contributed by atoms with Crippen LogP contribution < -0.4 is 5.56 Å². The maximum Gasteiger partial charge on any atom is 0.270 e. The van der Waals surface area contributed by atoms with E-state index in [4.69, 9.17) is 5.11 Å². The molecule has 0 radical (unpaired) electrons. The Morgan fingerprint density at radius 1 is 1.44 bits per heavy atom. The van der Waals surface area contributed by atoms with Gasteiger partial charge in [0.2, 0.25) is 0 Å². The first kappa shape index (κ1) is 11.1. The third kappa shape index (κ3) is 1.94. The second-order valence-electron chi connectivity index (χ2n) is 3.19. The molecule has 0 amide bonds. The Morgan fingerprint density at radius 2 is 2.25 bits per heavy atom. The second kappa shape index (κ2) is 4.63. The molecule has 0 aliphatic rings. The summed E-state index contributed by atoms with van der Waals surface area (Å²) in [6, 6.07) is 1.88. The van der Waals surface area contributed by atoms with E-state index >= 15 is 0 Å². The minimum atomic E-state index is -0.244. The molecule has 0 spiro atoms. The van der Waals surface area contributed by atoms with E-state index < -0.39 is 0 Å². The summed E-state index contributed by atoms with van der Waals surface area (Å²) in [6.07, 6.45) is 4.90. The standard InChI is InChI=1S/C10H11N3O2S/c1-16-7-4-8-10(12-5-7)13(2-3-14)9(15)6-11-8/h4-6,14H,2-3H2,1H3. The zero-order chi connectivity index (χ0) is 11.5. The van der Waals surface area contributed by atoms with Gasteiger partial charge in [-0.2, -0.15) is 0 Å². The van der Waals surface area contributed by atoms with Crippen molar-refractivity contribution in [2.45, 2.75) is 11.4 Å². The van der Waals surface area contributed by atoms with Crippen LogP contribution >= 0.6 is 11.8 Å². The fourth-order valence-corrected chi connectivity index (χ4v) is 1.84. The number of nitrogens with zero attached hydrogens (tertiary/aromatic N) is 3. The number of hydrogen-bond donors (Lipinski definition) is 1. The molecule has 0 atom stereocenters. The van der Waals surface area contributed by atoms with E-state index in [1.165, 1.54) is 10.8 Å². The van der Waals surface area contributed by atoms with Crippen molar-refractivity contribution >= 4 is 22.9 Å². The van der Waals surface area contributed by atoms with Gasteiger partial charge in [0.25, 0.3) is 5.56 Å². The van der Waals surface area contributed by atoms with Gasteiger partial charge in [-0.15, -0.1) is 11.8 Å². The van der Waals surface area contributed by atoms with Crippen molar-refractivity contribution in [1.29, 1.82) is 0 Å². The highest BCUT2D eigenvalue weighted by Gasteiger charge is 2.05. The van der Waals surface area contributed by atoms with E-state index in [0.29, 0.717) is 11.2 Å². The lowest BCUT2D eigenvalue weighted by Crippen LogP contribution is -2.22. The number of aromatic nitrogens is 3. The smallest absolute Gasteiger partial charge is 0.270 e.